The van der Waals surface area contributed by atoms with Crippen LogP contribution in [0.25, 0.3) is 0 Å². The molecule has 0 aliphatic rings. The molecule has 1 unspecified atom stereocenters. The summed E-state index contributed by atoms with van der Waals surface area (Å²) in [5, 5.41) is 0. The van der Waals surface area contributed by atoms with Crippen LogP contribution in [0.3, 0.4) is 0 Å². The van der Waals surface area contributed by atoms with Crippen molar-refractivity contribution >= 4 is 0 Å². The van der Waals surface area contributed by atoms with Crippen LogP contribution in [0.2, 0.25) is 0 Å². The third kappa shape index (κ3) is 4.40. The first-order chi connectivity index (χ1) is 6.68. The Kier molecular flexibility index (Phi) is 4.64. The number of nitrogens with zero attached hydrogens (tertiary/aromatic N) is 1. The average molecular weight is 191 g/mol. The van der Waals surface area contributed by atoms with Gasteiger partial charge >= 0.3 is 0 Å². The van der Waals surface area contributed by atoms with Gasteiger partial charge in [-0.3, -0.25) is 4.98 Å². The molecule has 0 saturated carbocycles. The molecule has 1 rings (SSSR count). The van der Waals surface area contributed by atoms with E-state index in [1.165, 1.54) is 18.5 Å². The number of pyridine rings is 1. The molecule has 0 N–H and O–H groups in total. The largest absolute Gasteiger partial charge is 0.261 e. The lowest BCUT2D eigenvalue weighted by Gasteiger charge is -2.12. The molecule has 0 amide bonds. The van der Waals surface area contributed by atoms with E-state index in [1.54, 1.807) is 0 Å². The quantitative estimate of drug-likeness (QED) is 0.691. The van der Waals surface area contributed by atoms with Crippen molar-refractivity contribution < 1.29 is 0 Å². The van der Waals surface area contributed by atoms with Crippen molar-refractivity contribution in [1.82, 2.24) is 4.98 Å². The van der Waals surface area contributed by atoms with Gasteiger partial charge in [0.2, 0.25) is 0 Å². The van der Waals surface area contributed by atoms with Crippen LogP contribution in [0.15, 0.2) is 24.4 Å². The van der Waals surface area contributed by atoms with Gasteiger partial charge in [0.25, 0.3) is 0 Å². The molecule has 0 fully saturated rings. The maximum absolute atomic E-state index is 4.35. The van der Waals surface area contributed by atoms with Gasteiger partial charge in [0.15, 0.2) is 0 Å². The third-order valence-electron chi connectivity index (χ3n) is 2.52. The molecule has 0 aliphatic carbocycles. The summed E-state index contributed by atoms with van der Waals surface area (Å²) in [6.45, 7) is 6.89. The van der Waals surface area contributed by atoms with E-state index in [4.69, 9.17) is 0 Å². The van der Waals surface area contributed by atoms with Gasteiger partial charge in [0.1, 0.15) is 0 Å². The average Bonchev–Trinajstić information content (AvgIpc) is 2.16. The van der Waals surface area contributed by atoms with Crippen molar-refractivity contribution in [3.05, 3.63) is 30.1 Å². The summed E-state index contributed by atoms with van der Waals surface area (Å²) in [4.78, 5) is 4.35. The smallest absolute Gasteiger partial charge is 0.0406 e. The van der Waals surface area contributed by atoms with Gasteiger partial charge < -0.3 is 0 Å². The van der Waals surface area contributed by atoms with Crippen LogP contribution in [0.4, 0.5) is 0 Å². The molecule has 1 heterocycles. The number of rotatable bonds is 5. The molecule has 0 bridgehead atoms. The maximum Gasteiger partial charge on any atom is 0.0406 e. The van der Waals surface area contributed by atoms with Gasteiger partial charge in [-0.15, -0.1) is 0 Å². The van der Waals surface area contributed by atoms with Gasteiger partial charge in [-0.2, -0.15) is 0 Å². The molecule has 1 aromatic heterocycles. The lowest BCUT2D eigenvalue weighted by Crippen LogP contribution is -2.03. The predicted octanol–water partition coefficient (Wildman–Crippen LogP) is 3.70. The summed E-state index contributed by atoms with van der Waals surface area (Å²) >= 11 is 0. The zero-order chi connectivity index (χ0) is 10.4. The molecule has 0 spiro atoms. The standard InChI is InChI=1S/C13H21N/c1-11(2)7-8-12(3)10-13-6-4-5-9-14-13/h4-6,9,11-12H,7-8,10H2,1-3H3. The van der Waals surface area contributed by atoms with Crippen LogP contribution in [-0.2, 0) is 6.42 Å². The van der Waals surface area contributed by atoms with Crippen molar-refractivity contribution in [3.8, 4) is 0 Å². The zero-order valence-corrected chi connectivity index (χ0v) is 9.53. The molecule has 1 aromatic rings. The van der Waals surface area contributed by atoms with Crippen LogP contribution in [0.1, 0.15) is 39.3 Å². The highest BCUT2D eigenvalue weighted by molar-refractivity contribution is 5.03. The molecule has 1 heteroatoms. The van der Waals surface area contributed by atoms with E-state index in [0.29, 0.717) is 0 Å². The Hall–Kier alpha value is -0.850. The summed E-state index contributed by atoms with van der Waals surface area (Å²) in [6, 6.07) is 6.16. The molecule has 14 heavy (non-hydrogen) atoms. The zero-order valence-electron chi connectivity index (χ0n) is 9.53. The van der Waals surface area contributed by atoms with E-state index in [2.05, 4.69) is 37.9 Å². The fraction of sp³-hybridized carbons (Fsp3) is 0.615. The van der Waals surface area contributed by atoms with Crippen LogP contribution in [0, 0.1) is 11.8 Å². The van der Waals surface area contributed by atoms with Crippen LogP contribution < -0.4 is 0 Å². The summed E-state index contributed by atoms with van der Waals surface area (Å²) in [7, 11) is 0. The second-order valence-electron chi connectivity index (χ2n) is 4.60. The summed E-state index contributed by atoms with van der Waals surface area (Å²) in [5.41, 5.74) is 1.23. The fourth-order valence-corrected chi connectivity index (χ4v) is 1.60. The van der Waals surface area contributed by atoms with E-state index in [9.17, 15) is 0 Å². The monoisotopic (exact) mass is 191 g/mol. The molecular weight excluding hydrogens is 170 g/mol. The first-order valence-electron chi connectivity index (χ1n) is 5.58. The maximum atomic E-state index is 4.35. The van der Waals surface area contributed by atoms with Crippen molar-refractivity contribution in [3.63, 3.8) is 0 Å². The lowest BCUT2D eigenvalue weighted by molar-refractivity contribution is 0.445. The minimum absolute atomic E-state index is 0.757. The second-order valence-corrected chi connectivity index (χ2v) is 4.60. The van der Waals surface area contributed by atoms with Crippen LogP contribution >= 0.6 is 0 Å². The second kappa shape index (κ2) is 5.79. The van der Waals surface area contributed by atoms with Crippen molar-refractivity contribution in [1.29, 1.82) is 0 Å². The van der Waals surface area contributed by atoms with Gasteiger partial charge in [-0.25, -0.2) is 0 Å². The molecule has 0 aliphatic heterocycles. The SMILES string of the molecule is CC(C)CCC(C)Cc1ccccn1. The first kappa shape index (κ1) is 11.2. The summed E-state index contributed by atoms with van der Waals surface area (Å²) in [5.74, 6) is 1.58. The topological polar surface area (TPSA) is 12.9 Å². The molecule has 0 radical (unpaired) electrons. The third-order valence-corrected chi connectivity index (χ3v) is 2.52. The van der Waals surface area contributed by atoms with Gasteiger partial charge in [-0.05, 0) is 30.4 Å². The van der Waals surface area contributed by atoms with Crippen LogP contribution in [0.5, 0.6) is 0 Å². The predicted molar refractivity (Wildman–Crippen MR) is 61.2 cm³/mol. The minimum atomic E-state index is 0.757. The highest BCUT2D eigenvalue weighted by Gasteiger charge is 2.05. The molecule has 1 nitrogen and oxygen atoms in total. The van der Waals surface area contributed by atoms with Crippen molar-refractivity contribution in [2.75, 3.05) is 0 Å². The first-order valence-corrected chi connectivity index (χ1v) is 5.58. The van der Waals surface area contributed by atoms with E-state index < -0.39 is 0 Å². The molecular formula is C13H21N. The molecule has 0 saturated heterocycles. The Labute approximate surface area is 87.6 Å². The van der Waals surface area contributed by atoms with E-state index in [1.807, 2.05) is 12.3 Å². The van der Waals surface area contributed by atoms with Gasteiger partial charge in [0.05, 0.1) is 0 Å². The number of aromatic nitrogens is 1. The van der Waals surface area contributed by atoms with Gasteiger partial charge in [-0.1, -0.05) is 39.7 Å². The number of hydrogen-bond donors (Lipinski definition) is 0. The van der Waals surface area contributed by atoms with E-state index in [0.717, 1.165) is 18.3 Å². The Bertz CT molecular complexity index is 241. The molecule has 78 valence electrons. The highest BCUT2D eigenvalue weighted by atomic mass is 14.7. The Morgan fingerprint density at radius 3 is 2.50 bits per heavy atom. The van der Waals surface area contributed by atoms with Gasteiger partial charge in [0, 0.05) is 11.9 Å². The van der Waals surface area contributed by atoms with Crippen molar-refractivity contribution in [2.24, 2.45) is 11.8 Å². The van der Waals surface area contributed by atoms with Crippen LogP contribution in [-0.4, -0.2) is 4.98 Å². The Balaban J connectivity index is 2.30. The lowest BCUT2D eigenvalue weighted by atomic mass is 9.95. The molecule has 1 atom stereocenters. The number of hydrogen-bond acceptors (Lipinski definition) is 1. The summed E-state index contributed by atoms with van der Waals surface area (Å²) < 4.78 is 0. The summed E-state index contributed by atoms with van der Waals surface area (Å²) in [6.07, 6.45) is 5.64. The highest BCUT2D eigenvalue weighted by Crippen LogP contribution is 2.15. The molecule has 0 aromatic carbocycles. The van der Waals surface area contributed by atoms with E-state index >= 15 is 0 Å². The Morgan fingerprint density at radius 2 is 1.93 bits per heavy atom. The normalized spacial score (nSPS) is 13.1. The van der Waals surface area contributed by atoms with E-state index in [-0.39, 0.29) is 0 Å². The fourth-order valence-electron chi connectivity index (χ4n) is 1.60. The Morgan fingerprint density at radius 1 is 1.14 bits per heavy atom. The van der Waals surface area contributed by atoms with Crippen molar-refractivity contribution in [2.45, 2.75) is 40.0 Å². The minimum Gasteiger partial charge on any atom is -0.261 e.